The highest BCUT2D eigenvalue weighted by Crippen LogP contribution is 2.34. The van der Waals surface area contributed by atoms with Crippen LogP contribution in [0.3, 0.4) is 0 Å². The SMILES string of the molecule is O=C(Cn1c(=O)n(Cc2ccco2)c(=O)c2c3c(sc21)CCCC3)Nc1ccc(Br)cc1. The van der Waals surface area contributed by atoms with Gasteiger partial charge >= 0.3 is 5.69 Å². The molecular formula is C23H20BrN3O4S. The molecule has 1 aliphatic rings. The van der Waals surface area contributed by atoms with Crippen molar-refractivity contribution in [2.24, 2.45) is 0 Å². The van der Waals surface area contributed by atoms with E-state index in [9.17, 15) is 14.4 Å². The molecule has 3 heterocycles. The van der Waals surface area contributed by atoms with Gasteiger partial charge in [0.15, 0.2) is 0 Å². The highest BCUT2D eigenvalue weighted by molar-refractivity contribution is 9.10. The van der Waals surface area contributed by atoms with Crippen molar-refractivity contribution in [2.45, 2.75) is 38.8 Å². The molecule has 1 N–H and O–H groups in total. The van der Waals surface area contributed by atoms with Gasteiger partial charge in [-0.15, -0.1) is 11.3 Å². The van der Waals surface area contributed by atoms with Crippen molar-refractivity contribution >= 4 is 49.1 Å². The molecule has 0 saturated carbocycles. The van der Waals surface area contributed by atoms with Crippen LogP contribution >= 0.6 is 27.3 Å². The second-order valence-corrected chi connectivity index (χ2v) is 9.78. The van der Waals surface area contributed by atoms with E-state index in [0.717, 1.165) is 40.6 Å². The number of halogens is 1. The summed E-state index contributed by atoms with van der Waals surface area (Å²) in [5.41, 5.74) is 0.835. The number of carbonyl (C=O) groups is 1. The number of aromatic nitrogens is 2. The molecule has 5 rings (SSSR count). The van der Waals surface area contributed by atoms with Crippen LogP contribution in [0.1, 0.15) is 29.0 Å². The number of nitrogens with zero attached hydrogens (tertiary/aromatic N) is 2. The lowest BCUT2D eigenvalue weighted by Crippen LogP contribution is -2.41. The minimum absolute atomic E-state index is 0.0273. The number of anilines is 1. The van der Waals surface area contributed by atoms with Crippen molar-refractivity contribution in [3.05, 3.63) is 84.2 Å². The molecule has 0 unspecified atom stereocenters. The summed E-state index contributed by atoms with van der Waals surface area (Å²) in [5, 5.41) is 3.39. The fourth-order valence-corrected chi connectivity index (χ4v) is 5.77. The Labute approximate surface area is 195 Å². The van der Waals surface area contributed by atoms with Gasteiger partial charge in [0.25, 0.3) is 5.56 Å². The fourth-order valence-electron chi connectivity index (χ4n) is 4.13. The average Bonchev–Trinajstić information content (AvgIpc) is 3.43. The van der Waals surface area contributed by atoms with Crippen LogP contribution in [-0.2, 0) is 30.7 Å². The number of aryl methyl sites for hydroxylation is 2. The second kappa shape index (κ2) is 8.55. The fraction of sp³-hybridized carbons (Fsp3) is 0.261. The maximum atomic E-state index is 13.4. The number of nitrogens with one attached hydrogen (secondary N) is 1. The minimum Gasteiger partial charge on any atom is -0.467 e. The first-order chi connectivity index (χ1) is 15.5. The van der Waals surface area contributed by atoms with Gasteiger partial charge in [-0.3, -0.25) is 18.7 Å². The summed E-state index contributed by atoms with van der Waals surface area (Å²) in [5.74, 6) is 0.184. The van der Waals surface area contributed by atoms with Crippen molar-refractivity contribution in [3.8, 4) is 0 Å². The van der Waals surface area contributed by atoms with E-state index in [0.29, 0.717) is 21.7 Å². The molecule has 1 aliphatic carbocycles. The van der Waals surface area contributed by atoms with Crippen molar-refractivity contribution in [2.75, 3.05) is 5.32 Å². The van der Waals surface area contributed by atoms with Gasteiger partial charge in [0, 0.05) is 15.0 Å². The Morgan fingerprint density at radius 3 is 2.62 bits per heavy atom. The van der Waals surface area contributed by atoms with Crippen molar-refractivity contribution in [3.63, 3.8) is 0 Å². The Bertz CT molecular complexity index is 1410. The summed E-state index contributed by atoms with van der Waals surface area (Å²) in [4.78, 5) is 41.3. The molecule has 9 heteroatoms. The molecular weight excluding hydrogens is 494 g/mol. The molecule has 0 spiro atoms. The molecule has 1 amide bonds. The first-order valence-corrected chi connectivity index (χ1v) is 12.0. The third kappa shape index (κ3) is 3.86. The Kier molecular flexibility index (Phi) is 5.60. The third-order valence-corrected chi connectivity index (χ3v) is 7.49. The van der Waals surface area contributed by atoms with Gasteiger partial charge in [-0.25, -0.2) is 4.79 Å². The molecule has 0 aliphatic heterocycles. The largest absolute Gasteiger partial charge is 0.467 e. The topological polar surface area (TPSA) is 86.2 Å². The predicted octanol–water partition coefficient (Wildman–Crippen LogP) is 4.15. The Morgan fingerprint density at radius 2 is 1.88 bits per heavy atom. The molecule has 32 heavy (non-hydrogen) atoms. The van der Waals surface area contributed by atoms with E-state index in [1.165, 1.54) is 26.7 Å². The quantitative estimate of drug-likeness (QED) is 0.434. The van der Waals surface area contributed by atoms with Crippen molar-refractivity contribution in [1.29, 1.82) is 0 Å². The highest BCUT2D eigenvalue weighted by atomic mass is 79.9. The zero-order valence-corrected chi connectivity index (χ0v) is 19.5. The molecule has 3 aromatic heterocycles. The molecule has 0 bridgehead atoms. The number of rotatable bonds is 5. The number of carbonyl (C=O) groups excluding carboxylic acids is 1. The number of furan rings is 1. The van der Waals surface area contributed by atoms with Gasteiger partial charge < -0.3 is 9.73 Å². The molecule has 0 atom stereocenters. The third-order valence-electron chi connectivity index (χ3n) is 5.64. The molecule has 7 nitrogen and oxygen atoms in total. The van der Waals surface area contributed by atoms with Gasteiger partial charge in [-0.1, -0.05) is 15.9 Å². The zero-order valence-electron chi connectivity index (χ0n) is 17.1. The van der Waals surface area contributed by atoms with Gasteiger partial charge in [-0.05, 0) is 67.6 Å². The molecule has 0 saturated heterocycles. The molecule has 1 aromatic carbocycles. The number of hydrogen-bond acceptors (Lipinski definition) is 5. The predicted molar refractivity (Wildman–Crippen MR) is 128 cm³/mol. The summed E-state index contributed by atoms with van der Waals surface area (Å²) >= 11 is 4.83. The minimum atomic E-state index is -0.511. The van der Waals surface area contributed by atoms with Crippen LogP contribution in [-0.4, -0.2) is 15.0 Å². The lowest BCUT2D eigenvalue weighted by atomic mass is 9.97. The Morgan fingerprint density at radius 1 is 1.09 bits per heavy atom. The lowest BCUT2D eigenvalue weighted by Gasteiger charge is -2.13. The van der Waals surface area contributed by atoms with Crippen LogP contribution in [0.4, 0.5) is 5.69 Å². The molecule has 0 radical (unpaired) electrons. The highest BCUT2D eigenvalue weighted by Gasteiger charge is 2.24. The van der Waals surface area contributed by atoms with Gasteiger partial charge in [0.05, 0.1) is 18.2 Å². The summed E-state index contributed by atoms with van der Waals surface area (Å²) in [6.07, 6.45) is 5.30. The molecule has 0 fully saturated rings. The van der Waals surface area contributed by atoms with Crippen LogP contribution in [0, 0.1) is 0 Å². The number of benzene rings is 1. The standard InChI is InChI=1S/C23H20BrN3O4S/c24-14-7-9-15(10-8-14)25-19(28)13-27-22-20(17-5-1-2-6-18(17)32-22)21(29)26(23(27)30)12-16-4-3-11-31-16/h3-4,7-11H,1-2,5-6,12-13H2,(H,25,28). The molecule has 164 valence electrons. The number of amides is 1. The van der Waals surface area contributed by atoms with Gasteiger partial charge in [0.1, 0.15) is 17.1 Å². The van der Waals surface area contributed by atoms with E-state index in [-0.39, 0.29) is 24.6 Å². The Hall–Kier alpha value is -2.91. The average molecular weight is 514 g/mol. The van der Waals surface area contributed by atoms with Crippen LogP contribution in [0.5, 0.6) is 0 Å². The first-order valence-electron chi connectivity index (χ1n) is 10.4. The van der Waals surface area contributed by atoms with Crippen molar-refractivity contribution < 1.29 is 9.21 Å². The van der Waals surface area contributed by atoms with Crippen LogP contribution in [0.15, 0.2) is 61.1 Å². The van der Waals surface area contributed by atoms with E-state index in [1.54, 1.807) is 24.3 Å². The summed E-state index contributed by atoms with van der Waals surface area (Å²) in [7, 11) is 0. The second-order valence-electron chi connectivity index (χ2n) is 7.79. The maximum absolute atomic E-state index is 13.4. The van der Waals surface area contributed by atoms with Crippen LogP contribution in [0.25, 0.3) is 10.2 Å². The van der Waals surface area contributed by atoms with E-state index < -0.39 is 5.69 Å². The number of thiophene rings is 1. The number of hydrogen-bond donors (Lipinski definition) is 1. The van der Waals surface area contributed by atoms with E-state index in [4.69, 9.17) is 4.42 Å². The maximum Gasteiger partial charge on any atom is 0.333 e. The monoisotopic (exact) mass is 513 g/mol. The summed E-state index contributed by atoms with van der Waals surface area (Å²) in [6, 6.07) is 10.7. The van der Waals surface area contributed by atoms with Crippen molar-refractivity contribution in [1.82, 2.24) is 9.13 Å². The van der Waals surface area contributed by atoms with Crippen LogP contribution < -0.4 is 16.6 Å². The lowest BCUT2D eigenvalue weighted by molar-refractivity contribution is -0.116. The van der Waals surface area contributed by atoms with Crippen LogP contribution in [0.2, 0.25) is 0 Å². The first kappa shape index (κ1) is 21.0. The molecule has 4 aromatic rings. The normalized spacial score (nSPS) is 13.3. The smallest absolute Gasteiger partial charge is 0.333 e. The van der Waals surface area contributed by atoms with Gasteiger partial charge in [0.2, 0.25) is 5.91 Å². The number of fused-ring (bicyclic) bond motifs is 3. The van der Waals surface area contributed by atoms with Gasteiger partial charge in [-0.2, -0.15) is 0 Å². The summed E-state index contributed by atoms with van der Waals surface area (Å²) in [6.45, 7) is -0.150. The Balaban J connectivity index is 1.60. The zero-order chi connectivity index (χ0) is 22.2. The van der Waals surface area contributed by atoms with E-state index in [2.05, 4.69) is 21.2 Å². The summed E-state index contributed by atoms with van der Waals surface area (Å²) < 4.78 is 8.88. The van der Waals surface area contributed by atoms with E-state index >= 15 is 0 Å². The van der Waals surface area contributed by atoms with E-state index in [1.807, 2.05) is 12.1 Å².